The Morgan fingerprint density at radius 2 is 2.00 bits per heavy atom. The molecule has 1 fully saturated rings. The first kappa shape index (κ1) is 25.6. The molecule has 2 heterocycles. The van der Waals surface area contributed by atoms with Crippen molar-refractivity contribution in [3.63, 3.8) is 0 Å². The standard InChI is InChI=1S/C20H37N5OS.HI/c1-6-18-16(4)27-19(24-18)7-8-22-20(21-5)23-14-17(13-15(2)3)25-9-11-26-12-10-25;/h15,17H,6-14H2,1-5H3,(H2,21,22,23);1H. The van der Waals surface area contributed by atoms with Crippen molar-refractivity contribution in [2.75, 3.05) is 46.4 Å². The molecule has 1 atom stereocenters. The van der Waals surface area contributed by atoms with Crippen LogP contribution in [-0.4, -0.2) is 68.3 Å². The minimum atomic E-state index is 0. The van der Waals surface area contributed by atoms with Crippen LogP contribution in [-0.2, 0) is 17.6 Å². The highest BCUT2D eigenvalue weighted by Crippen LogP contribution is 2.18. The van der Waals surface area contributed by atoms with Gasteiger partial charge in [0.05, 0.1) is 23.9 Å². The van der Waals surface area contributed by atoms with Crippen molar-refractivity contribution in [1.82, 2.24) is 20.5 Å². The number of rotatable bonds is 9. The van der Waals surface area contributed by atoms with Crippen molar-refractivity contribution in [2.45, 2.75) is 53.0 Å². The molecule has 1 unspecified atom stereocenters. The molecule has 0 spiro atoms. The second kappa shape index (κ2) is 13.7. The Morgan fingerprint density at radius 3 is 2.57 bits per heavy atom. The maximum Gasteiger partial charge on any atom is 0.191 e. The van der Waals surface area contributed by atoms with Crippen molar-refractivity contribution >= 4 is 41.3 Å². The first-order chi connectivity index (χ1) is 13.0. The third-order valence-corrected chi connectivity index (χ3v) is 6.01. The van der Waals surface area contributed by atoms with E-state index in [0.717, 1.165) is 58.2 Å². The summed E-state index contributed by atoms with van der Waals surface area (Å²) in [6.07, 6.45) is 3.13. The molecule has 1 aromatic heterocycles. The van der Waals surface area contributed by atoms with Gasteiger partial charge in [-0.05, 0) is 25.7 Å². The highest BCUT2D eigenvalue weighted by molar-refractivity contribution is 14.0. The molecule has 2 rings (SSSR count). The lowest BCUT2D eigenvalue weighted by Gasteiger charge is -2.35. The van der Waals surface area contributed by atoms with E-state index in [1.807, 2.05) is 18.4 Å². The van der Waals surface area contributed by atoms with E-state index in [1.54, 1.807) is 0 Å². The van der Waals surface area contributed by atoms with E-state index in [2.05, 4.69) is 48.2 Å². The van der Waals surface area contributed by atoms with E-state index >= 15 is 0 Å². The first-order valence-corrected chi connectivity index (χ1v) is 11.1. The van der Waals surface area contributed by atoms with Crippen molar-refractivity contribution < 1.29 is 4.74 Å². The highest BCUT2D eigenvalue weighted by atomic mass is 127. The SMILES string of the molecule is CCc1nc(CCNC(=NC)NCC(CC(C)C)N2CCOCC2)sc1C.I. The summed E-state index contributed by atoms with van der Waals surface area (Å²) in [7, 11) is 1.84. The average molecular weight is 524 g/mol. The predicted octanol–water partition coefficient (Wildman–Crippen LogP) is 3.09. The molecule has 0 aliphatic carbocycles. The monoisotopic (exact) mass is 523 g/mol. The van der Waals surface area contributed by atoms with Crippen LogP contribution in [0.25, 0.3) is 0 Å². The molecule has 0 radical (unpaired) electrons. The summed E-state index contributed by atoms with van der Waals surface area (Å²) in [5, 5.41) is 8.17. The van der Waals surface area contributed by atoms with Gasteiger partial charge >= 0.3 is 0 Å². The summed E-state index contributed by atoms with van der Waals surface area (Å²) < 4.78 is 5.51. The van der Waals surface area contributed by atoms with Crippen LogP contribution >= 0.6 is 35.3 Å². The summed E-state index contributed by atoms with van der Waals surface area (Å²) in [4.78, 5) is 13.0. The van der Waals surface area contributed by atoms with E-state index < -0.39 is 0 Å². The normalized spacial score (nSPS) is 16.7. The van der Waals surface area contributed by atoms with Crippen LogP contribution in [0, 0.1) is 12.8 Å². The Morgan fingerprint density at radius 1 is 1.29 bits per heavy atom. The van der Waals surface area contributed by atoms with E-state index in [-0.39, 0.29) is 24.0 Å². The predicted molar refractivity (Wildman–Crippen MR) is 130 cm³/mol. The first-order valence-electron chi connectivity index (χ1n) is 10.2. The summed E-state index contributed by atoms with van der Waals surface area (Å²) in [6, 6.07) is 0.515. The number of guanidine groups is 1. The molecule has 0 amide bonds. The molecule has 2 N–H and O–H groups in total. The van der Waals surface area contributed by atoms with E-state index in [1.165, 1.54) is 22.0 Å². The van der Waals surface area contributed by atoms with Crippen molar-refractivity contribution in [1.29, 1.82) is 0 Å². The molecule has 162 valence electrons. The molecular formula is C20H38IN5OS. The Hall–Kier alpha value is -0.450. The highest BCUT2D eigenvalue weighted by Gasteiger charge is 2.22. The molecule has 1 aliphatic rings. The molecule has 0 aromatic carbocycles. The number of halogens is 1. The van der Waals surface area contributed by atoms with Gasteiger partial charge in [0.25, 0.3) is 0 Å². The maximum atomic E-state index is 5.51. The molecule has 1 aromatic rings. The molecule has 0 saturated carbocycles. The van der Waals surface area contributed by atoms with Crippen molar-refractivity contribution in [3.05, 3.63) is 15.6 Å². The van der Waals surface area contributed by atoms with Crippen LogP contribution in [0.15, 0.2) is 4.99 Å². The second-order valence-electron chi connectivity index (χ2n) is 7.53. The van der Waals surface area contributed by atoms with Crippen LogP contribution in [0.2, 0.25) is 0 Å². The van der Waals surface area contributed by atoms with Crippen LogP contribution in [0.4, 0.5) is 0 Å². The fraction of sp³-hybridized carbons (Fsp3) is 0.800. The van der Waals surface area contributed by atoms with Gasteiger partial charge in [-0.2, -0.15) is 0 Å². The van der Waals surface area contributed by atoms with Gasteiger partial charge in [-0.1, -0.05) is 20.8 Å². The minimum Gasteiger partial charge on any atom is -0.379 e. The quantitative estimate of drug-likeness (QED) is 0.296. The fourth-order valence-corrected chi connectivity index (χ4v) is 4.52. The molecule has 28 heavy (non-hydrogen) atoms. The number of hydrogen-bond donors (Lipinski definition) is 2. The Kier molecular flexibility index (Phi) is 12.5. The lowest BCUT2D eigenvalue weighted by Crippen LogP contribution is -2.51. The van der Waals surface area contributed by atoms with Gasteiger partial charge in [0.1, 0.15) is 0 Å². The molecular weight excluding hydrogens is 485 g/mol. The maximum absolute atomic E-state index is 5.51. The topological polar surface area (TPSA) is 61.8 Å². The summed E-state index contributed by atoms with van der Waals surface area (Å²) in [5.41, 5.74) is 1.24. The molecule has 8 heteroatoms. The fourth-order valence-electron chi connectivity index (χ4n) is 3.49. The van der Waals surface area contributed by atoms with Gasteiger partial charge in [-0.3, -0.25) is 9.89 Å². The van der Waals surface area contributed by atoms with Crippen LogP contribution in [0.1, 0.15) is 42.8 Å². The van der Waals surface area contributed by atoms with E-state index in [4.69, 9.17) is 9.72 Å². The lowest BCUT2D eigenvalue weighted by molar-refractivity contribution is 0.0132. The Labute approximate surface area is 192 Å². The van der Waals surface area contributed by atoms with E-state index in [9.17, 15) is 0 Å². The summed E-state index contributed by atoms with van der Waals surface area (Å²) >= 11 is 1.81. The van der Waals surface area contributed by atoms with Gasteiger partial charge in [-0.15, -0.1) is 35.3 Å². The van der Waals surface area contributed by atoms with Crippen LogP contribution in [0.3, 0.4) is 0 Å². The van der Waals surface area contributed by atoms with Crippen molar-refractivity contribution in [2.24, 2.45) is 10.9 Å². The Bertz CT molecular complexity index is 587. The Balaban J connectivity index is 0.00000392. The number of aromatic nitrogens is 1. The van der Waals surface area contributed by atoms with Gasteiger partial charge in [0.2, 0.25) is 0 Å². The smallest absolute Gasteiger partial charge is 0.191 e. The third kappa shape index (κ3) is 8.51. The number of aryl methyl sites for hydroxylation is 2. The zero-order chi connectivity index (χ0) is 19.6. The van der Waals surface area contributed by atoms with E-state index in [0.29, 0.717) is 12.0 Å². The van der Waals surface area contributed by atoms with Gasteiger partial charge in [0, 0.05) is 50.6 Å². The number of hydrogen-bond acceptors (Lipinski definition) is 5. The number of aliphatic imine (C=N–C) groups is 1. The number of thiazole rings is 1. The molecule has 6 nitrogen and oxygen atoms in total. The summed E-state index contributed by atoms with van der Waals surface area (Å²) in [6.45, 7) is 14.4. The number of morpholine rings is 1. The zero-order valence-corrected chi connectivity index (χ0v) is 21.2. The minimum absolute atomic E-state index is 0. The van der Waals surface area contributed by atoms with Crippen LogP contribution in [0.5, 0.6) is 0 Å². The molecule has 0 bridgehead atoms. The number of nitrogens with one attached hydrogen (secondary N) is 2. The average Bonchev–Trinajstić information content (AvgIpc) is 3.03. The second-order valence-corrected chi connectivity index (χ2v) is 8.81. The van der Waals surface area contributed by atoms with Gasteiger partial charge in [-0.25, -0.2) is 4.98 Å². The number of nitrogens with zero attached hydrogens (tertiary/aromatic N) is 3. The third-order valence-electron chi connectivity index (χ3n) is 4.94. The van der Waals surface area contributed by atoms with Gasteiger partial charge in [0.15, 0.2) is 5.96 Å². The largest absolute Gasteiger partial charge is 0.379 e. The van der Waals surface area contributed by atoms with Crippen LogP contribution < -0.4 is 10.6 Å². The lowest BCUT2D eigenvalue weighted by atomic mass is 10.0. The number of ether oxygens (including phenoxy) is 1. The summed E-state index contributed by atoms with van der Waals surface area (Å²) in [5.74, 6) is 1.55. The van der Waals surface area contributed by atoms with Crippen molar-refractivity contribution in [3.8, 4) is 0 Å². The molecule has 1 saturated heterocycles. The molecule has 1 aliphatic heterocycles. The zero-order valence-electron chi connectivity index (χ0n) is 18.1. The van der Waals surface area contributed by atoms with Gasteiger partial charge < -0.3 is 15.4 Å².